The van der Waals surface area contributed by atoms with Gasteiger partial charge in [-0.1, -0.05) is 11.8 Å². The van der Waals surface area contributed by atoms with Crippen LogP contribution in [0.2, 0.25) is 0 Å². The molecule has 0 aliphatic heterocycles. The lowest BCUT2D eigenvalue weighted by molar-refractivity contribution is -0.143. The maximum Gasteiger partial charge on any atom is 0.231 e. The van der Waals surface area contributed by atoms with Gasteiger partial charge >= 0.3 is 0 Å². The topological polar surface area (TPSA) is 156 Å². The van der Waals surface area contributed by atoms with Crippen LogP contribution in [0, 0.1) is 0 Å². The van der Waals surface area contributed by atoms with Crippen molar-refractivity contribution in [1.82, 2.24) is 0 Å². The third kappa shape index (κ3) is 4.42. The lowest BCUT2D eigenvalue weighted by Crippen LogP contribution is -2.59. The van der Waals surface area contributed by atoms with E-state index in [2.05, 4.69) is 0 Å². The molecule has 6 N–H and O–H groups in total. The Morgan fingerprint density at radius 3 is 1.86 bits per heavy atom. The maximum absolute atomic E-state index is 12.3. The van der Waals surface area contributed by atoms with E-state index >= 15 is 0 Å². The molecule has 8 nitrogen and oxygen atoms in total. The van der Waals surface area contributed by atoms with E-state index in [1.54, 1.807) is 13.8 Å². The molecule has 0 spiro atoms. The van der Waals surface area contributed by atoms with Crippen molar-refractivity contribution in [2.45, 2.75) is 24.0 Å². The summed E-state index contributed by atoms with van der Waals surface area (Å²) in [4.78, 5) is 48.2. The van der Waals surface area contributed by atoms with Crippen molar-refractivity contribution in [3.8, 4) is 0 Å². The molecule has 0 heterocycles. The number of carbonyl (C=O) groups is 4. The van der Waals surface area contributed by atoms with E-state index in [0.717, 1.165) is 0 Å². The summed E-state index contributed by atoms with van der Waals surface area (Å²) >= 11 is 0.627. The normalized spacial score (nSPS) is 12.8. The summed E-state index contributed by atoms with van der Waals surface area (Å²) < 4.78 is 2.95. The molecular formula is C12H21N3O5S. The first-order valence-corrected chi connectivity index (χ1v) is 7.23. The lowest BCUT2D eigenvalue weighted by atomic mass is 9.90. The number of hydrogen-bond acceptors (Lipinski definition) is 9. The van der Waals surface area contributed by atoms with Crippen molar-refractivity contribution in [3.63, 3.8) is 0 Å². The number of thioether (sulfide) groups is 1. The maximum atomic E-state index is 12.3. The molecule has 0 fully saturated rings. The first kappa shape index (κ1) is 19.9. The van der Waals surface area contributed by atoms with Crippen LogP contribution >= 0.6 is 11.8 Å². The number of Topliss-reactive ketones (excluding diaryl/α,β-unsaturated/α-hetero) is 4. The van der Waals surface area contributed by atoms with E-state index in [4.69, 9.17) is 21.9 Å². The van der Waals surface area contributed by atoms with Gasteiger partial charge in [-0.2, -0.15) is 0 Å². The van der Waals surface area contributed by atoms with Crippen LogP contribution in [-0.2, 0) is 23.9 Å². The van der Waals surface area contributed by atoms with Gasteiger partial charge in [-0.25, -0.2) is 0 Å². The first-order valence-electron chi connectivity index (χ1n) is 6.35. The molecule has 0 aromatic carbocycles. The third-order valence-electron chi connectivity index (χ3n) is 2.66. The highest BCUT2D eigenvalue weighted by Gasteiger charge is 2.54. The quantitative estimate of drug-likeness (QED) is 0.222. The fraction of sp³-hybridized carbons (Fsp3) is 0.667. The van der Waals surface area contributed by atoms with Gasteiger partial charge in [-0.3, -0.25) is 19.2 Å². The van der Waals surface area contributed by atoms with Crippen LogP contribution in [0.3, 0.4) is 0 Å². The Kier molecular flexibility index (Phi) is 8.52. The molecule has 0 aliphatic carbocycles. The summed E-state index contributed by atoms with van der Waals surface area (Å²) in [6.45, 7) is 1.79. The van der Waals surface area contributed by atoms with E-state index in [1.165, 1.54) is 0 Å². The van der Waals surface area contributed by atoms with Gasteiger partial charge in [-0.15, -0.1) is 0 Å². The van der Waals surface area contributed by atoms with Crippen molar-refractivity contribution in [2.24, 2.45) is 17.2 Å². The van der Waals surface area contributed by atoms with Gasteiger partial charge < -0.3 is 21.9 Å². The second-order valence-electron chi connectivity index (χ2n) is 4.03. The van der Waals surface area contributed by atoms with E-state index in [9.17, 15) is 19.2 Å². The summed E-state index contributed by atoms with van der Waals surface area (Å²) in [5.74, 6) is -4.01. The Morgan fingerprint density at radius 1 is 1.05 bits per heavy atom. The molecule has 1 unspecified atom stereocenters. The molecule has 0 bridgehead atoms. The molecule has 21 heavy (non-hydrogen) atoms. The smallest absolute Gasteiger partial charge is 0.231 e. The van der Waals surface area contributed by atoms with Crippen molar-refractivity contribution in [2.75, 3.05) is 26.2 Å². The van der Waals surface area contributed by atoms with Crippen molar-refractivity contribution < 1.29 is 23.9 Å². The predicted octanol–water partition coefficient (Wildman–Crippen LogP) is -2.01. The Morgan fingerprint density at radius 2 is 1.52 bits per heavy atom. The number of ketones is 4. The Labute approximate surface area is 127 Å². The standard InChI is InChI=1S/C12H21N3O5S/c1-3-20-7(2)21-12(9(17)5-14,10(18)6-15)11(19)8(16)4-13/h7H,3-6,13-15H2,1-2H3. The van der Waals surface area contributed by atoms with Crippen LogP contribution < -0.4 is 17.2 Å². The first-order chi connectivity index (χ1) is 9.81. The summed E-state index contributed by atoms with van der Waals surface area (Å²) in [6, 6.07) is 0. The van der Waals surface area contributed by atoms with E-state index < -0.39 is 53.0 Å². The highest BCUT2D eigenvalue weighted by Crippen LogP contribution is 2.33. The monoisotopic (exact) mass is 319 g/mol. The molecule has 9 heteroatoms. The number of carbonyl (C=O) groups excluding carboxylic acids is 4. The van der Waals surface area contributed by atoms with Crippen LogP contribution in [0.1, 0.15) is 13.8 Å². The molecule has 0 aromatic heterocycles. The minimum Gasteiger partial charge on any atom is -0.368 e. The van der Waals surface area contributed by atoms with Crippen molar-refractivity contribution in [3.05, 3.63) is 0 Å². The second-order valence-corrected chi connectivity index (χ2v) is 5.54. The van der Waals surface area contributed by atoms with Crippen LogP contribution in [-0.4, -0.2) is 59.6 Å². The Balaban J connectivity index is 5.87. The average molecular weight is 319 g/mol. The molecule has 0 saturated heterocycles. The third-order valence-corrected chi connectivity index (χ3v) is 4.12. The van der Waals surface area contributed by atoms with Gasteiger partial charge in [0.05, 0.1) is 19.6 Å². The van der Waals surface area contributed by atoms with Crippen LogP contribution in [0.4, 0.5) is 0 Å². The molecule has 0 saturated carbocycles. The minimum absolute atomic E-state index is 0.302. The summed E-state index contributed by atoms with van der Waals surface area (Å²) in [6.07, 6.45) is 0. The highest BCUT2D eigenvalue weighted by molar-refractivity contribution is 8.03. The number of rotatable bonds is 11. The molecule has 1 atom stereocenters. The highest BCUT2D eigenvalue weighted by atomic mass is 32.2. The van der Waals surface area contributed by atoms with E-state index in [-0.39, 0.29) is 0 Å². The van der Waals surface area contributed by atoms with E-state index in [0.29, 0.717) is 18.4 Å². The number of hydrogen-bond donors (Lipinski definition) is 3. The number of ether oxygens (including phenoxy) is 1. The Bertz CT molecular complexity index is 411. The summed E-state index contributed by atoms with van der Waals surface area (Å²) in [5.41, 5.74) is 15.0. The minimum atomic E-state index is -2.28. The Hall–Kier alpha value is -1.13. The molecule has 0 rings (SSSR count). The van der Waals surface area contributed by atoms with Gasteiger partial charge in [-0.05, 0) is 13.8 Å². The predicted molar refractivity (Wildman–Crippen MR) is 78.6 cm³/mol. The van der Waals surface area contributed by atoms with Crippen LogP contribution in [0.15, 0.2) is 0 Å². The molecule has 0 aromatic rings. The zero-order chi connectivity index (χ0) is 16.6. The van der Waals surface area contributed by atoms with Crippen molar-refractivity contribution >= 4 is 34.9 Å². The van der Waals surface area contributed by atoms with Gasteiger partial charge in [0, 0.05) is 6.61 Å². The van der Waals surface area contributed by atoms with Crippen LogP contribution in [0.25, 0.3) is 0 Å². The largest absolute Gasteiger partial charge is 0.368 e. The molecule has 0 aliphatic rings. The van der Waals surface area contributed by atoms with Gasteiger partial charge in [0.25, 0.3) is 0 Å². The van der Waals surface area contributed by atoms with Gasteiger partial charge in [0.1, 0.15) is 5.44 Å². The molecular weight excluding hydrogens is 298 g/mol. The fourth-order valence-electron chi connectivity index (χ4n) is 1.69. The average Bonchev–Trinajstić information content (AvgIpc) is 2.49. The molecule has 0 radical (unpaired) electrons. The molecule has 0 amide bonds. The number of nitrogens with two attached hydrogens (primary N) is 3. The second kappa shape index (κ2) is 9.00. The zero-order valence-corrected chi connectivity index (χ0v) is 12.9. The summed E-state index contributed by atoms with van der Waals surface area (Å²) in [7, 11) is 0. The SMILES string of the molecule is CCOC(C)SC(C(=O)CN)(C(=O)CN)C(=O)C(=O)CN. The fourth-order valence-corrected chi connectivity index (χ4v) is 3.04. The van der Waals surface area contributed by atoms with E-state index in [1.807, 2.05) is 0 Å². The summed E-state index contributed by atoms with van der Waals surface area (Å²) in [5, 5.41) is 0. The lowest BCUT2D eigenvalue weighted by Gasteiger charge is -2.29. The van der Waals surface area contributed by atoms with Gasteiger partial charge in [0.15, 0.2) is 11.6 Å². The van der Waals surface area contributed by atoms with Crippen molar-refractivity contribution in [1.29, 1.82) is 0 Å². The molecule has 120 valence electrons. The van der Waals surface area contributed by atoms with Crippen LogP contribution in [0.5, 0.6) is 0 Å². The van der Waals surface area contributed by atoms with Gasteiger partial charge in [0.2, 0.25) is 16.3 Å². The zero-order valence-electron chi connectivity index (χ0n) is 12.1.